The lowest BCUT2D eigenvalue weighted by Crippen LogP contribution is -2.36. The van der Waals surface area contributed by atoms with Crippen LogP contribution in [0.4, 0.5) is 5.95 Å². The maximum absolute atomic E-state index is 4.74. The van der Waals surface area contributed by atoms with Crippen LogP contribution in [0.25, 0.3) is 11.0 Å². The number of hydrogen-bond acceptors (Lipinski definition) is 5. The summed E-state index contributed by atoms with van der Waals surface area (Å²) in [4.78, 5) is 21.5. The van der Waals surface area contributed by atoms with Gasteiger partial charge in [0.15, 0.2) is 0 Å². The normalized spacial score (nSPS) is 18.3. The summed E-state index contributed by atoms with van der Waals surface area (Å²) in [6.07, 6.45) is 7.42. The molecule has 6 nitrogen and oxygen atoms in total. The average Bonchev–Trinajstić information content (AvgIpc) is 3.04. The number of rotatable bonds is 5. The molecule has 1 atom stereocenters. The standard InChI is InChI=1S/C20H26N6/c1-25(2)20-21-11-16(12-22-20)14-26-9-5-6-15(13-26)10-19-23-17-7-3-4-8-18(17)24-19/h3-4,7-8,11-12,15H,5-6,9-10,13-14H2,1-2H3,(H,23,24)/t15-/m1/s1. The fourth-order valence-corrected chi connectivity index (χ4v) is 3.76. The number of imidazole rings is 1. The molecular weight excluding hydrogens is 324 g/mol. The number of likely N-dealkylation sites (tertiary alicyclic amines) is 1. The lowest BCUT2D eigenvalue weighted by Gasteiger charge is -2.32. The van der Waals surface area contributed by atoms with Crippen molar-refractivity contribution in [2.75, 3.05) is 32.1 Å². The molecule has 1 saturated heterocycles. The molecule has 0 saturated carbocycles. The summed E-state index contributed by atoms with van der Waals surface area (Å²) in [6, 6.07) is 8.26. The number of hydrogen-bond donors (Lipinski definition) is 1. The predicted octanol–water partition coefficient (Wildman–Crippen LogP) is 2.87. The number of benzene rings is 1. The Morgan fingerprint density at radius 3 is 2.77 bits per heavy atom. The van der Waals surface area contributed by atoms with Crippen molar-refractivity contribution in [2.24, 2.45) is 5.92 Å². The fourth-order valence-electron chi connectivity index (χ4n) is 3.76. The molecule has 0 bridgehead atoms. The zero-order valence-electron chi connectivity index (χ0n) is 15.5. The van der Waals surface area contributed by atoms with E-state index in [2.05, 4.69) is 38.1 Å². The summed E-state index contributed by atoms with van der Waals surface area (Å²) >= 11 is 0. The quantitative estimate of drug-likeness (QED) is 0.767. The Labute approximate surface area is 154 Å². The van der Waals surface area contributed by atoms with Crippen LogP contribution < -0.4 is 4.90 Å². The van der Waals surface area contributed by atoms with Gasteiger partial charge in [-0.1, -0.05) is 12.1 Å². The molecule has 3 aromatic rings. The number of anilines is 1. The van der Waals surface area contributed by atoms with Crippen molar-refractivity contribution < 1.29 is 0 Å². The van der Waals surface area contributed by atoms with E-state index in [1.54, 1.807) is 0 Å². The molecule has 0 amide bonds. The largest absolute Gasteiger partial charge is 0.347 e. The molecule has 1 aliphatic rings. The monoisotopic (exact) mass is 350 g/mol. The number of fused-ring (bicyclic) bond motifs is 1. The minimum absolute atomic E-state index is 0.645. The maximum Gasteiger partial charge on any atom is 0.224 e. The van der Waals surface area contributed by atoms with Gasteiger partial charge in [-0.25, -0.2) is 15.0 Å². The summed E-state index contributed by atoms with van der Waals surface area (Å²) in [7, 11) is 3.92. The fraction of sp³-hybridized carbons (Fsp3) is 0.450. The average molecular weight is 350 g/mol. The highest BCUT2D eigenvalue weighted by Crippen LogP contribution is 2.22. The Hall–Kier alpha value is -2.47. The van der Waals surface area contributed by atoms with Crippen molar-refractivity contribution in [1.82, 2.24) is 24.8 Å². The molecular formula is C20H26N6. The molecule has 26 heavy (non-hydrogen) atoms. The number of piperidine rings is 1. The van der Waals surface area contributed by atoms with Gasteiger partial charge in [-0.15, -0.1) is 0 Å². The number of aromatic amines is 1. The third-order valence-corrected chi connectivity index (χ3v) is 5.02. The van der Waals surface area contributed by atoms with Crippen molar-refractivity contribution in [3.05, 3.63) is 48.0 Å². The Morgan fingerprint density at radius 1 is 1.19 bits per heavy atom. The SMILES string of the molecule is CN(C)c1ncc(CN2CCC[C@H](Cc3nc4ccccc4[nH]3)C2)cn1. The van der Waals surface area contributed by atoms with E-state index in [1.165, 1.54) is 18.4 Å². The Balaban J connectivity index is 1.37. The minimum Gasteiger partial charge on any atom is -0.347 e. The minimum atomic E-state index is 0.645. The van der Waals surface area contributed by atoms with Crippen LogP contribution in [0.15, 0.2) is 36.7 Å². The van der Waals surface area contributed by atoms with E-state index < -0.39 is 0 Å². The lowest BCUT2D eigenvalue weighted by molar-refractivity contribution is 0.165. The summed E-state index contributed by atoms with van der Waals surface area (Å²) in [5.41, 5.74) is 3.38. The van der Waals surface area contributed by atoms with Gasteiger partial charge < -0.3 is 9.88 Å². The Kier molecular flexibility index (Phi) is 4.84. The summed E-state index contributed by atoms with van der Waals surface area (Å²) < 4.78 is 0. The first-order valence-corrected chi connectivity index (χ1v) is 9.31. The molecule has 1 fully saturated rings. The maximum atomic E-state index is 4.74. The predicted molar refractivity (Wildman–Crippen MR) is 104 cm³/mol. The third-order valence-electron chi connectivity index (χ3n) is 5.02. The van der Waals surface area contributed by atoms with Crippen LogP contribution in [0.1, 0.15) is 24.2 Å². The zero-order valence-corrected chi connectivity index (χ0v) is 15.5. The Bertz CT molecular complexity index is 821. The molecule has 2 aromatic heterocycles. The molecule has 4 rings (SSSR count). The zero-order chi connectivity index (χ0) is 17.9. The molecule has 6 heteroatoms. The van der Waals surface area contributed by atoms with Gasteiger partial charge in [-0.3, -0.25) is 4.90 Å². The van der Waals surface area contributed by atoms with E-state index in [-0.39, 0.29) is 0 Å². The molecule has 3 heterocycles. The summed E-state index contributed by atoms with van der Waals surface area (Å²) in [6.45, 7) is 3.17. The van der Waals surface area contributed by atoms with E-state index in [0.29, 0.717) is 5.92 Å². The highest BCUT2D eigenvalue weighted by Gasteiger charge is 2.21. The van der Waals surface area contributed by atoms with Crippen LogP contribution in [0.3, 0.4) is 0 Å². The second-order valence-electron chi connectivity index (χ2n) is 7.43. The van der Waals surface area contributed by atoms with Crippen molar-refractivity contribution in [2.45, 2.75) is 25.8 Å². The van der Waals surface area contributed by atoms with Crippen LogP contribution in [0, 0.1) is 5.92 Å². The van der Waals surface area contributed by atoms with Gasteiger partial charge in [0.05, 0.1) is 11.0 Å². The number of H-pyrrole nitrogens is 1. The van der Waals surface area contributed by atoms with Gasteiger partial charge in [0.25, 0.3) is 0 Å². The first-order chi connectivity index (χ1) is 12.7. The molecule has 1 aromatic carbocycles. The third kappa shape index (κ3) is 3.85. The van der Waals surface area contributed by atoms with Gasteiger partial charge >= 0.3 is 0 Å². The molecule has 136 valence electrons. The van der Waals surface area contributed by atoms with Gasteiger partial charge in [0.2, 0.25) is 5.95 Å². The molecule has 1 N–H and O–H groups in total. The van der Waals surface area contributed by atoms with Crippen molar-refractivity contribution >= 4 is 17.0 Å². The van der Waals surface area contributed by atoms with Gasteiger partial charge in [0, 0.05) is 51.6 Å². The van der Waals surface area contributed by atoms with Crippen molar-refractivity contribution in [3.63, 3.8) is 0 Å². The summed E-state index contributed by atoms with van der Waals surface area (Å²) in [5.74, 6) is 2.51. The smallest absolute Gasteiger partial charge is 0.224 e. The Morgan fingerprint density at radius 2 is 2.00 bits per heavy atom. The van der Waals surface area contributed by atoms with E-state index in [9.17, 15) is 0 Å². The van der Waals surface area contributed by atoms with Crippen molar-refractivity contribution in [3.8, 4) is 0 Å². The first kappa shape index (κ1) is 17.0. The van der Waals surface area contributed by atoms with Crippen molar-refractivity contribution in [1.29, 1.82) is 0 Å². The highest BCUT2D eigenvalue weighted by molar-refractivity contribution is 5.74. The van der Waals surface area contributed by atoms with E-state index in [4.69, 9.17) is 4.98 Å². The topological polar surface area (TPSA) is 60.9 Å². The van der Waals surface area contributed by atoms with Gasteiger partial charge in [0.1, 0.15) is 5.82 Å². The highest BCUT2D eigenvalue weighted by atomic mass is 15.2. The van der Waals surface area contributed by atoms with Crippen LogP contribution in [-0.4, -0.2) is 52.0 Å². The number of nitrogens with one attached hydrogen (secondary N) is 1. The number of para-hydroxylation sites is 2. The van der Waals surface area contributed by atoms with Gasteiger partial charge in [-0.2, -0.15) is 0 Å². The number of nitrogens with zero attached hydrogens (tertiary/aromatic N) is 5. The second-order valence-corrected chi connectivity index (χ2v) is 7.43. The second kappa shape index (κ2) is 7.41. The van der Waals surface area contributed by atoms with E-state index in [1.807, 2.05) is 37.5 Å². The van der Waals surface area contributed by atoms with Gasteiger partial charge in [-0.05, 0) is 37.4 Å². The van der Waals surface area contributed by atoms with Crippen LogP contribution in [0.2, 0.25) is 0 Å². The number of aromatic nitrogens is 4. The first-order valence-electron chi connectivity index (χ1n) is 9.31. The molecule has 1 aliphatic heterocycles. The van der Waals surface area contributed by atoms with Crippen LogP contribution in [0.5, 0.6) is 0 Å². The van der Waals surface area contributed by atoms with E-state index in [0.717, 1.165) is 48.9 Å². The van der Waals surface area contributed by atoms with Crippen LogP contribution >= 0.6 is 0 Å². The lowest BCUT2D eigenvalue weighted by atomic mass is 9.94. The molecule has 0 radical (unpaired) electrons. The molecule has 0 spiro atoms. The van der Waals surface area contributed by atoms with Crippen LogP contribution in [-0.2, 0) is 13.0 Å². The molecule has 0 unspecified atom stereocenters. The molecule has 0 aliphatic carbocycles. The summed E-state index contributed by atoms with van der Waals surface area (Å²) in [5, 5.41) is 0. The van der Waals surface area contributed by atoms with E-state index >= 15 is 0 Å².